The molecule has 3 rings (SSSR count). The molecule has 0 aliphatic carbocycles. The molecule has 0 saturated carbocycles. The van der Waals surface area contributed by atoms with Gasteiger partial charge in [-0.05, 0) is 43.2 Å². The van der Waals surface area contributed by atoms with Gasteiger partial charge >= 0.3 is 5.69 Å². The molecule has 1 aromatic carbocycles. The van der Waals surface area contributed by atoms with Gasteiger partial charge in [0.15, 0.2) is 5.65 Å². The molecule has 2 heterocycles. The first-order chi connectivity index (χ1) is 12.4. The minimum absolute atomic E-state index is 0.233. The summed E-state index contributed by atoms with van der Waals surface area (Å²) in [5, 5.41) is 3.83. The number of nitrogens with one attached hydrogen (secondary N) is 1. The molecule has 0 bridgehead atoms. The summed E-state index contributed by atoms with van der Waals surface area (Å²) in [6.07, 6.45) is 3.07. The third-order valence-electron chi connectivity index (χ3n) is 4.23. The van der Waals surface area contributed by atoms with Crippen LogP contribution >= 0.6 is 0 Å². The number of rotatable bonds is 7. The van der Waals surface area contributed by atoms with Crippen molar-refractivity contribution in [3.63, 3.8) is 0 Å². The van der Waals surface area contributed by atoms with Crippen LogP contribution in [0.5, 0.6) is 0 Å². The van der Waals surface area contributed by atoms with Crippen molar-refractivity contribution in [2.45, 2.75) is 38.5 Å². The maximum atomic E-state index is 12.4. The third kappa shape index (κ3) is 3.80. The van der Waals surface area contributed by atoms with E-state index in [-0.39, 0.29) is 12.2 Å². The molecule has 2 aromatic heterocycles. The number of nitrogens with zero attached hydrogens (tertiary/aromatic N) is 3. The minimum Gasteiger partial charge on any atom is -0.283 e. The van der Waals surface area contributed by atoms with Crippen molar-refractivity contribution in [2.24, 2.45) is 0 Å². The average molecular weight is 374 g/mol. The number of anilines is 1. The molecule has 8 heteroatoms. The van der Waals surface area contributed by atoms with E-state index < -0.39 is 15.3 Å². The van der Waals surface area contributed by atoms with Gasteiger partial charge in [-0.3, -0.25) is 9.12 Å². The van der Waals surface area contributed by atoms with Crippen molar-refractivity contribution < 1.29 is 8.42 Å². The highest BCUT2D eigenvalue weighted by Crippen LogP contribution is 2.17. The van der Waals surface area contributed by atoms with Crippen LogP contribution in [0, 0.1) is 0 Å². The summed E-state index contributed by atoms with van der Waals surface area (Å²) in [6, 6.07) is 12.4. The molecule has 0 aliphatic heterocycles. The molecule has 26 heavy (non-hydrogen) atoms. The maximum Gasteiger partial charge on any atom is 0.350 e. The van der Waals surface area contributed by atoms with Gasteiger partial charge in [0.05, 0.1) is 11.8 Å². The lowest BCUT2D eigenvalue weighted by molar-refractivity contribution is 0.581. The lowest BCUT2D eigenvalue weighted by Gasteiger charge is -2.14. The van der Waals surface area contributed by atoms with Gasteiger partial charge < -0.3 is 0 Å². The van der Waals surface area contributed by atoms with Crippen LogP contribution in [0.2, 0.25) is 0 Å². The smallest absolute Gasteiger partial charge is 0.283 e. The van der Waals surface area contributed by atoms with E-state index in [1.165, 1.54) is 9.08 Å². The van der Waals surface area contributed by atoms with E-state index in [0.717, 1.165) is 12.0 Å². The van der Waals surface area contributed by atoms with Crippen molar-refractivity contribution in [2.75, 3.05) is 4.72 Å². The number of pyridine rings is 1. The highest BCUT2D eigenvalue weighted by Gasteiger charge is 2.19. The Bertz CT molecular complexity index is 1070. The molecule has 1 atom stereocenters. The molecule has 7 nitrogen and oxygen atoms in total. The van der Waals surface area contributed by atoms with Crippen molar-refractivity contribution in [1.29, 1.82) is 0 Å². The highest BCUT2D eigenvalue weighted by atomic mass is 32.2. The Labute approximate surface area is 152 Å². The molecule has 0 aliphatic rings. The largest absolute Gasteiger partial charge is 0.350 e. The first kappa shape index (κ1) is 18.2. The summed E-state index contributed by atoms with van der Waals surface area (Å²) >= 11 is 0. The molecule has 0 amide bonds. The van der Waals surface area contributed by atoms with Crippen LogP contribution in [0.15, 0.2) is 53.5 Å². The fraction of sp³-hybridized carbons (Fsp3) is 0.333. The second-order valence-electron chi connectivity index (χ2n) is 6.32. The van der Waals surface area contributed by atoms with E-state index in [0.29, 0.717) is 17.8 Å². The first-order valence-electron chi connectivity index (χ1n) is 8.55. The van der Waals surface area contributed by atoms with E-state index >= 15 is 0 Å². The molecule has 0 saturated heterocycles. The number of benzene rings is 1. The molecular formula is C18H22N4O3S. The Kier molecular flexibility index (Phi) is 5.13. The van der Waals surface area contributed by atoms with Gasteiger partial charge in [-0.25, -0.2) is 17.9 Å². The Morgan fingerprint density at radius 2 is 2.00 bits per heavy atom. The summed E-state index contributed by atoms with van der Waals surface area (Å²) in [4.78, 5) is 12.4. The Morgan fingerprint density at radius 3 is 2.73 bits per heavy atom. The molecule has 0 spiro atoms. The quantitative estimate of drug-likeness (QED) is 0.688. The van der Waals surface area contributed by atoms with Crippen LogP contribution < -0.4 is 10.4 Å². The standard InChI is InChI=1S/C18H22N4O3S/c1-3-7-14(2)26(24,25)20-16-9-6-8-15(12-16)13-22-18(23)21-11-5-4-10-17(21)19-22/h4-6,8-12,14,20H,3,7,13H2,1-2H3/t14-/m1/s1. The van der Waals surface area contributed by atoms with Crippen LogP contribution in [-0.4, -0.2) is 27.8 Å². The van der Waals surface area contributed by atoms with Crippen LogP contribution in [0.3, 0.4) is 0 Å². The summed E-state index contributed by atoms with van der Waals surface area (Å²) in [6.45, 7) is 3.92. The third-order valence-corrected chi connectivity index (χ3v) is 6.05. The predicted molar refractivity (Wildman–Crippen MR) is 102 cm³/mol. The number of aromatic nitrogens is 3. The van der Waals surface area contributed by atoms with E-state index in [2.05, 4.69) is 9.82 Å². The fourth-order valence-electron chi connectivity index (χ4n) is 2.80. The number of hydrogen-bond donors (Lipinski definition) is 1. The summed E-state index contributed by atoms with van der Waals surface area (Å²) < 4.78 is 30.2. The lowest BCUT2D eigenvalue weighted by atomic mass is 10.2. The second-order valence-corrected chi connectivity index (χ2v) is 8.41. The Hall–Kier alpha value is -2.61. The maximum absolute atomic E-state index is 12.4. The normalized spacial score (nSPS) is 13.0. The van der Waals surface area contributed by atoms with Crippen molar-refractivity contribution in [3.05, 3.63) is 64.7 Å². The van der Waals surface area contributed by atoms with Gasteiger partial charge in [0.2, 0.25) is 10.0 Å². The Balaban J connectivity index is 1.83. The van der Waals surface area contributed by atoms with E-state index in [9.17, 15) is 13.2 Å². The van der Waals surface area contributed by atoms with Crippen molar-refractivity contribution >= 4 is 21.4 Å². The molecule has 1 N–H and O–H groups in total. The van der Waals surface area contributed by atoms with Crippen LogP contribution in [0.25, 0.3) is 5.65 Å². The summed E-state index contributed by atoms with van der Waals surface area (Å²) in [5.74, 6) is 0. The second kappa shape index (κ2) is 7.33. The van der Waals surface area contributed by atoms with Gasteiger partial charge in [0, 0.05) is 11.9 Å². The van der Waals surface area contributed by atoms with Gasteiger partial charge in [-0.15, -0.1) is 5.10 Å². The SMILES string of the molecule is CCC[C@@H](C)S(=O)(=O)Nc1cccc(Cn2nc3ccccn3c2=O)c1. The van der Waals surface area contributed by atoms with Gasteiger partial charge in [-0.1, -0.05) is 31.5 Å². The zero-order valence-electron chi connectivity index (χ0n) is 14.8. The van der Waals surface area contributed by atoms with E-state index in [4.69, 9.17) is 0 Å². The summed E-state index contributed by atoms with van der Waals surface area (Å²) in [5.41, 5.74) is 1.62. The minimum atomic E-state index is -3.43. The summed E-state index contributed by atoms with van der Waals surface area (Å²) in [7, 11) is -3.43. The topological polar surface area (TPSA) is 85.5 Å². The number of sulfonamides is 1. The molecular weight excluding hydrogens is 352 g/mol. The predicted octanol–water partition coefficient (Wildman–Crippen LogP) is 2.47. The average Bonchev–Trinajstić information content (AvgIpc) is 2.91. The van der Waals surface area contributed by atoms with Gasteiger partial charge in [0.1, 0.15) is 0 Å². The van der Waals surface area contributed by atoms with Crippen LogP contribution in [0.1, 0.15) is 32.3 Å². The highest BCUT2D eigenvalue weighted by molar-refractivity contribution is 7.93. The number of hydrogen-bond acceptors (Lipinski definition) is 4. The lowest BCUT2D eigenvalue weighted by Crippen LogP contribution is -2.25. The molecule has 138 valence electrons. The number of fused-ring (bicyclic) bond motifs is 1. The van der Waals surface area contributed by atoms with Gasteiger partial charge in [0.25, 0.3) is 0 Å². The van der Waals surface area contributed by atoms with Crippen molar-refractivity contribution in [1.82, 2.24) is 14.2 Å². The Morgan fingerprint density at radius 1 is 1.19 bits per heavy atom. The fourth-order valence-corrected chi connectivity index (χ4v) is 4.01. The van der Waals surface area contributed by atoms with E-state index in [1.807, 2.05) is 19.1 Å². The first-order valence-corrected chi connectivity index (χ1v) is 10.1. The molecule has 0 fully saturated rings. The molecule has 0 radical (unpaired) electrons. The zero-order chi connectivity index (χ0) is 18.7. The van der Waals surface area contributed by atoms with Crippen LogP contribution in [0.4, 0.5) is 5.69 Å². The van der Waals surface area contributed by atoms with E-state index in [1.54, 1.807) is 43.5 Å². The van der Waals surface area contributed by atoms with Crippen molar-refractivity contribution in [3.8, 4) is 0 Å². The molecule has 3 aromatic rings. The zero-order valence-corrected chi connectivity index (χ0v) is 15.6. The molecule has 0 unspecified atom stereocenters. The van der Waals surface area contributed by atoms with Crippen LogP contribution in [-0.2, 0) is 16.6 Å². The van der Waals surface area contributed by atoms with Gasteiger partial charge in [-0.2, -0.15) is 0 Å². The monoisotopic (exact) mass is 374 g/mol.